The van der Waals surface area contributed by atoms with E-state index in [1.54, 1.807) is 0 Å². The zero-order valence-corrected chi connectivity index (χ0v) is 12.2. The molecule has 1 aromatic heterocycles. The van der Waals surface area contributed by atoms with E-state index in [9.17, 15) is 0 Å². The Kier molecular flexibility index (Phi) is 4.22. The highest BCUT2D eigenvalue weighted by Crippen LogP contribution is 2.13. The summed E-state index contributed by atoms with van der Waals surface area (Å²) in [6.07, 6.45) is 0.625. The van der Waals surface area contributed by atoms with Gasteiger partial charge in [0.15, 0.2) is 5.82 Å². The highest BCUT2D eigenvalue weighted by molar-refractivity contribution is 6.30. The van der Waals surface area contributed by atoms with Crippen molar-refractivity contribution in [2.75, 3.05) is 0 Å². The molecule has 0 radical (unpaired) electrons. The predicted molar refractivity (Wildman–Crippen MR) is 75.1 cm³/mol. The molecule has 0 unspecified atom stereocenters. The molecular weight excluding hydrogens is 262 g/mol. The normalized spacial score (nSPS) is 11.8. The van der Waals surface area contributed by atoms with Crippen LogP contribution in [0.3, 0.4) is 0 Å². The molecule has 19 heavy (non-hydrogen) atoms. The molecule has 0 aliphatic rings. The molecule has 4 nitrogen and oxygen atoms in total. The molecule has 2 rings (SSSR count). The summed E-state index contributed by atoms with van der Waals surface area (Å²) in [6, 6.07) is 7.67. The average Bonchev–Trinajstić information content (AvgIpc) is 2.73. The quantitative estimate of drug-likeness (QED) is 0.934. The lowest BCUT2D eigenvalue weighted by atomic mass is 10.1. The van der Waals surface area contributed by atoms with Crippen molar-refractivity contribution in [2.45, 2.75) is 39.3 Å². The zero-order valence-electron chi connectivity index (χ0n) is 11.4. The first-order chi connectivity index (χ1) is 8.92. The Balaban J connectivity index is 1.97. The fourth-order valence-corrected chi connectivity index (χ4v) is 1.82. The van der Waals surface area contributed by atoms with Gasteiger partial charge in [0.25, 0.3) is 0 Å². The standard InChI is InChI=1S/C14H18ClN3O/c1-14(2,3)16-9-13-17-12(18-19-13)8-10-5-4-6-11(15)7-10/h4-7,16H,8-9H2,1-3H3. The Labute approximate surface area is 118 Å². The molecule has 0 aliphatic carbocycles. The number of hydrogen-bond acceptors (Lipinski definition) is 4. The highest BCUT2D eigenvalue weighted by Gasteiger charge is 2.12. The summed E-state index contributed by atoms with van der Waals surface area (Å²) in [5.41, 5.74) is 1.10. The molecule has 102 valence electrons. The van der Waals surface area contributed by atoms with E-state index in [1.165, 1.54) is 0 Å². The maximum absolute atomic E-state index is 5.94. The molecule has 0 bridgehead atoms. The monoisotopic (exact) mass is 279 g/mol. The summed E-state index contributed by atoms with van der Waals surface area (Å²) >= 11 is 5.94. The smallest absolute Gasteiger partial charge is 0.240 e. The van der Waals surface area contributed by atoms with Crippen LogP contribution >= 0.6 is 11.6 Å². The van der Waals surface area contributed by atoms with Gasteiger partial charge in [-0.3, -0.25) is 0 Å². The maximum Gasteiger partial charge on any atom is 0.240 e. The number of hydrogen-bond donors (Lipinski definition) is 1. The van der Waals surface area contributed by atoms with Gasteiger partial charge in [0.2, 0.25) is 5.89 Å². The van der Waals surface area contributed by atoms with Crippen molar-refractivity contribution in [3.8, 4) is 0 Å². The molecule has 1 aromatic carbocycles. The molecule has 1 N–H and O–H groups in total. The Morgan fingerprint density at radius 2 is 2.11 bits per heavy atom. The van der Waals surface area contributed by atoms with Gasteiger partial charge in [-0.2, -0.15) is 4.98 Å². The first kappa shape index (κ1) is 14.0. The van der Waals surface area contributed by atoms with Crippen LogP contribution in [0.4, 0.5) is 0 Å². The van der Waals surface area contributed by atoms with E-state index >= 15 is 0 Å². The molecule has 5 heteroatoms. The van der Waals surface area contributed by atoms with Crippen LogP contribution < -0.4 is 5.32 Å². The van der Waals surface area contributed by atoms with Gasteiger partial charge in [0.1, 0.15) is 0 Å². The summed E-state index contributed by atoms with van der Waals surface area (Å²) in [7, 11) is 0. The van der Waals surface area contributed by atoms with Crippen molar-refractivity contribution in [3.63, 3.8) is 0 Å². The highest BCUT2D eigenvalue weighted by atomic mass is 35.5. The van der Waals surface area contributed by atoms with Crippen LogP contribution in [0.1, 0.15) is 38.0 Å². The fraction of sp³-hybridized carbons (Fsp3) is 0.429. The molecular formula is C14H18ClN3O. The molecule has 2 aromatic rings. The van der Waals surface area contributed by atoms with Crippen molar-refractivity contribution in [3.05, 3.63) is 46.6 Å². The lowest BCUT2D eigenvalue weighted by Crippen LogP contribution is -2.35. The van der Waals surface area contributed by atoms with E-state index < -0.39 is 0 Å². The summed E-state index contributed by atoms with van der Waals surface area (Å²) in [4.78, 5) is 4.35. The number of halogens is 1. The summed E-state index contributed by atoms with van der Waals surface area (Å²) in [5.74, 6) is 1.28. The molecule has 0 atom stereocenters. The van der Waals surface area contributed by atoms with Crippen molar-refractivity contribution in [1.82, 2.24) is 15.5 Å². The summed E-state index contributed by atoms with van der Waals surface area (Å²) < 4.78 is 5.21. The number of benzene rings is 1. The SMILES string of the molecule is CC(C)(C)NCc1nc(Cc2cccc(Cl)c2)no1. The van der Waals surface area contributed by atoms with Gasteiger partial charge in [-0.1, -0.05) is 28.9 Å². The second-order valence-corrected chi connectivity index (χ2v) is 5.95. The molecule has 0 saturated heterocycles. The fourth-order valence-electron chi connectivity index (χ4n) is 1.60. The van der Waals surface area contributed by atoms with Crippen LogP contribution in [0.25, 0.3) is 0 Å². The average molecular weight is 280 g/mol. The lowest BCUT2D eigenvalue weighted by Gasteiger charge is -2.18. The Bertz CT molecular complexity index is 546. The zero-order chi connectivity index (χ0) is 13.9. The van der Waals surface area contributed by atoms with Crippen molar-refractivity contribution >= 4 is 11.6 Å². The lowest BCUT2D eigenvalue weighted by molar-refractivity contribution is 0.334. The number of rotatable bonds is 4. The third-order valence-electron chi connectivity index (χ3n) is 2.53. The van der Waals surface area contributed by atoms with Gasteiger partial charge in [-0.15, -0.1) is 0 Å². The summed E-state index contributed by atoms with van der Waals surface area (Å²) in [5, 5.41) is 8.00. The van der Waals surface area contributed by atoms with Crippen LogP contribution in [-0.2, 0) is 13.0 Å². The van der Waals surface area contributed by atoms with Crippen LogP contribution in [0.5, 0.6) is 0 Å². The third kappa shape index (κ3) is 4.65. The van der Waals surface area contributed by atoms with Gasteiger partial charge in [-0.05, 0) is 38.5 Å². The molecule has 0 aliphatic heterocycles. The Hall–Kier alpha value is -1.39. The van der Waals surface area contributed by atoms with Crippen molar-refractivity contribution in [1.29, 1.82) is 0 Å². The van der Waals surface area contributed by atoms with E-state index in [-0.39, 0.29) is 5.54 Å². The van der Waals surface area contributed by atoms with E-state index in [4.69, 9.17) is 16.1 Å². The summed E-state index contributed by atoms with van der Waals surface area (Å²) in [6.45, 7) is 6.86. The van der Waals surface area contributed by atoms with Crippen molar-refractivity contribution in [2.24, 2.45) is 0 Å². The van der Waals surface area contributed by atoms with Gasteiger partial charge in [0.05, 0.1) is 6.54 Å². The molecule has 0 fully saturated rings. The third-order valence-corrected chi connectivity index (χ3v) is 2.77. The van der Waals surface area contributed by atoms with Gasteiger partial charge in [-0.25, -0.2) is 0 Å². The van der Waals surface area contributed by atoms with E-state index in [0.717, 1.165) is 10.6 Å². The topological polar surface area (TPSA) is 51.0 Å². The van der Waals surface area contributed by atoms with Crippen molar-refractivity contribution < 1.29 is 4.52 Å². The number of aromatic nitrogens is 2. The van der Waals surface area contributed by atoms with Crippen LogP contribution in [0.2, 0.25) is 5.02 Å². The first-order valence-electron chi connectivity index (χ1n) is 6.23. The molecule has 0 spiro atoms. The molecule has 1 heterocycles. The van der Waals surface area contributed by atoms with Gasteiger partial charge >= 0.3 is 0 Å². The Morgan fingerprint density at radius 3 is 2.79 bits per heavy atom. The predicted octanol–water partition coefficient (Wildman–Crippen LogP) is 3.20. The largest absolute Gasteiger partial charge is 0.338 e. The van der Waals surface area contributed by atoms with Gasteiger partial charge < -0.3 is 9.84 Å². The van der Waals surface area contributed by atoms with E-state index in [0.29, 0.717) is 24.7 Å². The van der Waals surface area contributed by atoms with Crippen LogP contribution in [0, 0.1) is 0 Å². The van der Waals surface area contributed by atoms with Gasteiger partial charge in [0, 0.05) is 17.0 Å². The number of nitrogens with one attached hydrogen (secondary N) is 1. The minimum absolute atomic E-state index is 0.0294. The molecule has 0 amide bonds. The minimum Gasteiger partial charge on any atom is -0.338 e. The van der Waals surface area contributed by atoms with Crippen LogP contribution in [0.15, 0.2) is 28.8 Å². The number of nitrogens with zero attached hydrogens (tertiary/aromatic N) is 2. The van der Waals surface area contributed by atoms with E-state index in [1.807, 2.05) is 24.3 Å². The van der Waals surface area contributed by atoms with Crippen LogP contribution in [-0.4, -0.2) is 15.7 Å². The second kappa shape index (κ2) is 5.72. The molecule has 0 saturated carbocycles. The maximum atomic E-state index is 5.94. The first-order valence-corrected chi connectivity index (χ1v) is 6.61. The van der Waals surface area contributed by atoms with E-state index in [2.05, 4.69) is 36.2 Å². The Morgan fingerprint density at radius 1 is 1.32 bits per heavy atom. The minimum atomic E-state index is 0.0294. The second-order valence-electron chi connectivity index (χ2n) is 5.51.